The normalized spacial score (nSPS) is 13.7. The Kier molecular flexibility index (Phi) is 3.92. The zero-order valence-corrected chi connectivity index (χ0v) is 12.7. The minimum Gasteiger partial charge on any atom is -0.348 e. The van der Waals surface area contributed by atoms with Crippen molar-refractivity contribution in [1.82, 2.24) is 15.1 Å². The summed E-state index contributed by atoms with van der Waals surface area (Å²) < 4.78 is 1.66. The SMILES string of the molecule is CC(NC(=O)C(C)n1cccn1)c1ccc2ccccc2c1. The first-order valence-corrected chi connectivity index (χ1v) is 7.43. The molecule has 2 unspecified atom stereocenters. The highest BCUT2D eigenvalue weighted by molar-refractivity contribution is 5.84. The number of hydrogen-bond acceptors (Lipinski definition) is 2. The molecule has 1 N–H and O–H groups in total. The lowest BCUT2D eigenvalue weighted by Gasteiger charge is -2.18. The van der Waals surface area contributed by atoms with E-state index in [9.17, 15) is 4.79 Å². The number of aromatic nitrogens is 2. The molecule has 3 rings (SSSR count). The topological polar surface area (TPSA) is 46.9 Å². The number of rotatable bonds is 4. The lowest BCUT2D eigenvalue weighted by Crippen LogP contribution is -2.33. The van der Waals surface area contributed by atoms with Crippen molar-refractivity contribution in [2.24, 2.45) is 0 Å². The van der Waals surface area contributed by atoms with Crippen LogP contribution in [0.1, 0.15) is 31.5 Å². The molecule has 0 spiro atoms. The largest absolute Gasteiger partial charge is 0.348 e. The smallest absolute Gasteiger partial charge is 0.245 e. The number of hydrogen-bond donors (Lipinski definition) is 1. The van der Waals surface area contributed by atoms with Crippen LogP contribution in [0.4, 0.5) is 0 Å². The van der Waals surface area contributed by atoms with E-state index in [0.717, 1.165) is 5.56 Å². The summed E-state index contributed by atoms with van der Waals surface area (Å²) in [5, 5.41) is 9.55. The molecule has 4 heteroatoms. The minimum absolute atomic E-state index is 0.0376. The van der Waals surface area contributed by atoms with Crippen LogP contribution < -0.4 is 5.32 Å². The number of nitrogens with one attached hydrogen (secondary N) is 1. The van der Waals surface area contributed by atoms with Gasteiger partial charge in [-0.2, -0.15) is 5.10 Å². The second-order valence-electron chi connectivity index (χ2n) is 5.50. The second-order valence-corrected chi connectivity index (χ2v) is 5.50. The van der Waals surface area contributed by atoms with Gasteiger partial charge in [0.2, 0.25) is 5.91 Å². The summed E-state index contributed by atoms with van der Waals surface area (Å²) in [5.74, 6) is -0.0376. The van der Waals surface area contributed by atoms with Gasteiger partial charge in [-0.05, 0) is 42.3 Å². The molecule has 0 aliphatic heterocycles. The Morgan fingerprint density at radius 1 is 1.09 bits per heavy atom. The molecule has 22 heavy (non-hydrogen) atoms. The predicted octanol–water partition coefficient (Wildman–Crippen LogP) is 3.47. The van der Waals surface area contributed by atoms with Crippen LogP contribution in [-0.2, 0) is 4.79 Å². The van der Waals surface area contributed by atoms with Crippen molar-refractivity contribution in [3.63, 3.8) is 0 Å². The highest BCUT2D eigenvalue weighted by Crippen LogP contribution is 2.20. The van der Waals surface area contributed by atoms with Gasteiger partial charge in [0.1, 0.15) is 6.04 Å². The average molecular weight is 293 g/mol. The molecule has 1 heterocycles. The van der Waals surface area contributed by atoms with Crippen LogP contribution in [0.3, 0.4) is 0 Å². The van der Waals surface area contributed by atoms with Crippen LogP contribution in [0, 0.1) is 0 Å². The maximum Gasteiger partial charge on any atom is 0.245 e. The highest BCUT2D eigenvalue weighted by atomic mass is 16.2. The van der Waals surface area contributed by atoms with Crippen molar-refractivity contribution in [3.8, 4) is 0 Å². The maximum atomic E-state index is 12.3. The van der Waals surface area contributed by atoms with Crippen LogP contribution in [0.15, 0.2) is 60.9 Å². The Balaban J connectivity index is 1.75. The van der Waals surface area contributed by atoms with Gasteiger partial charge in [-0.25, -0.2) is 0 Å². The molecule has 4 nitrogen and oxygen atoms in total. The summed E-state index contributed by atoms with van der Waals surface area (Å²) in [6, 6.07) is 15.9. The Bertz CT molecular complexity index is 780. The van der Waals surface area contributed by atoms with Crippen LogP contribution >= 0.6 is 0 Å². The monoisotopic (exact) mass is 293 g/mol. The summed E-state index contributed by atoms with van der Waals surface area (Å²) in [6.45, 7) is 3.84. The standard InChI is InChI=1S/C18H19N3O/c1-13(20-18(22)14(2)21-11-5-10-19-21)16-9-8-15-6-3-4-7-17(15)12-16/h3-14H,1-2H3,(H,20,22). The molecule has 3 aromatic rings. The zero-order chi connectivity index (χ0) is 15.5. The lowest BCUT2D eigenvalue weighted by atomic mass is 10.0. The number of fused-ring (bicyclic) bond motifs is 1. The molecule has 1 aromatic heterocycles. The number of benzene rings is 2. The van der Waals surface area contributed by atoms with Crippen LogP contribution in [-0.4, -0.2) is 15.7 Å². The van der Waals surface area contributed by atoms with E-state index < -0.39 is 0 Å². The van der Waals surface area contributed by atoms with Gasteiger partial charge in [0, 0.05) is 12.4 Å². The third-order valence-corrected chi connectivity index (χ3v) is 3.93. The van der Waals surface area contributed by atoms with E-state index in [2.05, 4.69) is 40.7 Å². The summed E-state index contributed by atoms with van der Waals surface area (Å²) in [7, 11) is 0. The van der Waals surface area contributed by atoms with Gasteiger partial charge in [-0.15, -0.1) is 0 Å². The van der Waals surface area contributed by atoms with Gasteiger partial charge < -0.3 is 5.32 Å². The minimum atomic E-state index is -0.321. The van der Waals surface area contributed by atoms with E-state index >= 15 is 0 Å². The number of carbonyl (C=O) groups excluding carboxylic acids is 1. The number of carbonyl (C=O) groups is 1. The van der Waals surface area contributed by atoms with Crippen LogP contribution in [0.25, 0.3) is 10.8 Å². The molecule has 2 aromatic carbocycles. The Morgan fingerprint density at radius 2 is 1.86 bits per heavy atom. The molecule has 0 radical (unpaired) electrons. The number of amides is 1. The van der Waals surface area contributed by atoms with Crippen molar-refractivity contribution in [2.75, 3.05) is 0 Å². The first-order valence-electron chi connectivity index (χ1n) is 7.43. The molecule has 2 atom stereocenters. The molecular formula is C18H19N3O. The molecule has 0 saturated heterocycles. The van der Waals surface area contributed by atoms with E-state index in [1.165, 1.54) is 10.8 Å². The van der Waals surface area contributed by atoms with E-state index in [4.69, 9.17) is 0 Å². The second kappa shape index (κ2) is 6.02. The quantitative estimate of drug-likeness (QED) is 0.800. The first kappa shape index (κ1) is 14.3. The van der Waals surface area contributed by atoms with Crippen LogP contribution in [0.5, 0.6) is 0 Å². The fraction of sp³-hybridized carbons (Fsp3) is 0.222. The number of nitrogens with zero attached hydrogens (tertiary/aromatic N) is 2. The predicted molar refractivity (Wildman–Crippen MR) is 87.4 cm³/mol. The zero-order valence-electron chi connectivity index (χ0n) is 12.7. The molecule has 0 aliphatic rings. The van der Waals surface area contributed by atoms with Gasteiger partial charge in [0.25, 0.3) is 0 Å². The molecule has 0 bridgehead atoms. The third kappa shape index (κ3) is 2.86. The summed E-state index contributed by atoms with van der Waals surface area (Å²) >= 11 is 0. The summed E-state index contributed by atoms with van der Waals surface area (Å²) in [4.78, 5) is 12.3. The summed E-state index contributed by atoms with van der Waals surface area (Å²) in [6.07, 6.45) is 3.47. The van der Waals surface area contributed by atoms with Gasteiger partial charge in [0.05, 0.1) is 6.04 Å². The Morgan fingerprint density at radius 3 is 2.59 bits per heavy atom. The van der Waals surface area contributed by atoms with Gasteiger partial charge in [-0.3, -0.25) is 9.48 Å². The van der Waals surface area contributed by atoms with Gasteiger partial charge in [-0.1, -0.05) is 36.4 Å². The Labute approximate surface area is 129 Å². The van der Waals surface area contributed by atoms with Crippen molar-refractivity contribution < 1.29 is 4.79 Å². The molecule has 0 fully saturated rings. The highest BCUT2D eigenvalue weighted by Gasteiger charge is 2.17. The van der Waals surface area contributed by atoms with E-state index in [0.29, 0.717) is 0 Å². The maximum absolute atomic E-state index is 12.3. The van der Waals surface area contributed by atoms with Crippen LogP contribution in [0.2, 0.25) is 0 Å². The van der Waals surface area contributed by atoms with Gasteiger partial charge >= 0.3 is 0 Å². The first-order chi connectivity index (χ1) is 10.6. The van der Waals surface area contributed by atoms with Crippen molar-refractivity contribution in [2.45, 2.75) is 25.9 Å². The molecule has 0 saturated carbocycles. The molecular weight excluding hydrogens is 274 g/mol. The Hall–Kier alpha value is -2.62. The van der Waals surface area contributed by atoms with E-state index in [1.54, 1.807) is 17.1 Å². The average Bonchev–Trinajstić information content (AvgIpc) is 3.08. The van der Waals surface area contributed by atoms with E-state index in [1.807, 2.05) is 32.0 Å². The fourth-order valence-electron chi connectivity index (χ4n) is 2.52. The van der Waals surface area contributed by atoms with E-state index in [-0.39, 0.29) is 18.0 Å². The fourth-order valence-corrected chi connectivity index (χ4v) is 2.52. The molecule has 1 amide bonds. The molecule has 112 valence electrons. The van der Waals surface area contributed by atoms with Gasteiger partial charge in [0.15, 0.2) is 0 Å². The summed E-state index contributed by atoms with van der Waals surface area (Å²) in [5.41, 5.74) is 1.10. The van der Waals surface area contributed by atoms with Crippen molar-refractivity contribution >= 4 is 16.7 Å². The molecule has 0 aliphatic carbocycles. The lowest BCUT2D eigenvalue weighted by molar-refractivity contribution is -0.124. The van der Waals surface area contributed by atoms with Crippen molar-refractivity contribution in [1.29, 1.82) is 0 Å². The third-order valence-electron chi connectivity index (χ3n) is 3.93. The van der Waals surface area contributed by atoms with Crippen molar-refractivity contribution in [3.05, 3.63) is 66.5 Å².